The maximum atomic E-state index is 12.5. The average molecular weight is 351 g/mol. The van der Waals surface area contributed by atoms with Gasteiger partial charge in [-0.05, 0) is 43.7 Å². The molecule has 1 aliphatic heterocycles. The largest absolute Gasteiger partial charge is 0.435 e. The zero-order chi connectivity index (χ0) is 18.0. The van der Waals surface area contributed by atoms with Crippen molar-refractivity contribution in [1.82, 2.24) is 15.1 Å². The minimum atomic E-state index is -2.90. The number of aryl methyl sites for hydroxylation is 1. The Morgan fingerprint density at radius 3 is 2.72 bits per heavy atom. The molecule has 0 saturated carbocycles. The Balaban J connectivity index is 1.63. The molecule has 0 unspecified atom stereocenters. The average Bonchev–Trinajstić information content (AvgIpc) is 3.13. The normalized spacial score (nSPS) is 20.3. The first-order valence-electron chi connectivity index (χ1n) is 7.95. The number of aliphatic hydroxyl groups excluding tert-OH is 1. The van der Waals surface area contributed by atoms with Gasteiger partial charge in [-0.2, -0.15) is 13.9 Å². The van der Waals surface area contributed by atoms with Crippen LogP contribution in [0.2, 0.25) is 0 Å². The number of aromatic amines is 1. The van der Waals surface area contributed by atoms with Crippen LogP contribution in [0.25, 0.3) is 0 Å². The van der Waals surface area contributed by atoms with E-state index in [1.54, 1.807) is 4.90 Å². The van der Waals surface area contributed by atoms with Gasteiger partial charge in [0.25, 0.3) is 5.91 Å². The Kier molecular flexibility index (Phi) is 4.98. The maximum Gasteiger partial charge on any atom is 0.387 e. The zero-order valence-electron chi connectivity index (χ0n) is 13.7. The summed E-state index contributed by atoms with van der Waals surface area (Å²) < 4.78 is 28.6. The van der Waals surface area contributed by atoms with Crippen molar-refractivity contribution in [2.75, 3.05) is 13.1 Å². The second-order valence-electron chi connectivity index (χ2n) is 6.19. The molecule has 8 heteroatoms. The van der Waals surface area contributed by atoms with E-state index in [9.17, 15) is 18.7 Å². The molecule has 1 aliphatic rings. The molecule has 2 atom stereocenters. The topological polar surface area (TPSA) is 78.5 Å². The van der Waals surface area contributed by atoms with Gasteiger partial charge in [0.1, 0.15) is 5.75 Å². The molecule has 2 N–H and O–H groups in total. The van der Waals surface area contributed by atoms with Gasteiger partial charge in [-0.15, -0.1) is 0 Å². The van der Waals surface area contributed by atoms with Crippen molar-refractivity contribution in [3.05, 3.63) is 47.3 Å². The van der Waals surface area contributed by atoms with E-state index in [1.165, 1.54) is 24.3 Å². The van der Waals surface area contributed by atoms with Gasteiger partial charge >= 0.3 is 6.61 Å². The molecule has 1 saturated heterocycles. The van der Waals surface area contributed by atoms with Crippen LogP contribution in [0.5, 0.6) is 5.75 Å². The highest BCUT2D eigenvalue weighted by molar-refractivity contribution is 5.94. The highest BCUT2D eigenvalue weighted by Gasteiger charge is 2.34. The lowest BCUT2D eigenvalue weighted by Crippen LogP contribution is -2.29. The number of halogens is 2. The molecule has 1 aromatic heterocycles. The highest BCUT2D eigenvalue weighted by Crippen LogP contribution is 2.24. The number of likely N-dealkylation sites (tertiary alicyclic amines) is 1. The van der Waals surface area contributed by atoms with Crippen LogP contribution in [0.4, 0.5) is 8.78 Å². The van der Waals surface area contributed by atoms with Gasteiger partial charge in [0, 0.05) is 30.3 Å². The summed E-state index contributed by atoms with van der Waals surface area (Å²) in [5.74, 6) is -0.337. The van der Waals surface area contributed by atoms with Crippen LogP contribution < -0.4 is 4.74 Å². The molecule has 1 fully saturated rings. The van der Waals surface area contributed by atoms with E-state index in [0.717, 1.165) is 11.4 Å². The van der Waals surface area contributed by atoms with Gasteiger partial charge in [0.05, 0.1) is 11.8 Å². The van der Waals surface area contributed by atoms with Gasteiger partial charge in [-0.25, -0.2) is 0 Å². The van der Waals surface area contributed by atoms with Crippen LogP contribution in [-0.4, -0.2) is 51.9 Å². The number of carbonyl (C=O) groups excluding carboxylic acids is 1. The Morgan fingerprint density at radius 2 is 2.12 bits per heavy atom. The Hall–Kier alpha value is -2.48. The smallest absolute Gasteiger partial charge is 0.387 e. The maximum absolute atomic E-state index is 12.5. The van der Waals surface area contributed by atoms with E-state index >= 15 is 0 Å². The molecule has 2 heterocycles. The van der Waals surface area contributed by atoms with E-state index in [-0.39, 0.29) is 24.1 Å². The summed E-state index contributed by atoms with van der Waals surface area (Å²) in [5, 5.41) is 17.3. The first-order valence-corrected chi connectivity index (χ1v) is 7.95. The van der Waals surface area contributed by atoms with E-state index in [1.807, 2.05) is 13.0 Å². The third-order valence-electron chi connectivity index (χ3n) is 4.25. The molecular formula is C17H19F2N3O3. The number of nitrogens with one attached hydrogen (secondary N) is 1. The number of ether oxygens (including phenoxy) is 1. The summed E-state index contributed by atoms with van der Waals surface area (Å²) in [4.78, 5) is 14.1. The number of aromatic nitrogens is 2. The molecule has 0 spiro atoms. The SMILES string of the molecule is Cc1cc(C[C@@H]2CN(C(=O)c3ccc(OC(F)F)cc3)C[C@H]2O)n[nH]1. The molecular weight excluding hydrogens is 332 g/mol. The van der Waals surface area contributed by atoms with Gasteiger partial charge in [-0.1, -0.05) is 0 Å². The number of hydrogen-bond acceptors (Lipinski definition) is 4. The zero-order valence-corrected chi connectivity index (χ0v) is 13.7. The number of amides is 1. The van der Waals surface area contributed by atoms with Gasteiger partial charge in [-0.3, -0.25) is 9.89 Å². The molecule has 3 rings (SSSR count). The highest BCUT2D eigenvalue weighted by atomic mass is 19.3. The lowest BCUT2D eigenvalue weighted by Gasteiger charge is -2.16. The molecule has 0 bridgehead atoms. The second kappa shape index (κ2) is 7.18. The van der Waals surface area contributed by atoms with Crippen molar-refractivity contribution in [2.24, 2.45) is 5.92 Å². The lowest BCUT2D eigenvalue weighted by molar-refractivity contribution is -0.0498. The first-order chi connectivity index (χ1) is 11.9. The fourth-order valence-electron chi connectivity index (χ4n) is 3.03. The van der Waals surface area contributed by atoms with E-state index < -0.39 is 12.7 Å². The number of benzene rings is 1. The van der Waals surface area contributed by atoms with Crippen molar-refractivity contribution in [3.63, 3.8) is 0 Å². The third kappa shape index (κ3) is 4.14. The lowest BCUT2D eigenvalue weighted by atomic mass is 10.0. The molecule has 0 radical (unpaired) electrons. The quantitative estimate of drug-likeness (QED) is 0.864. The molecule has 1 aromatic carbocycles. The predicted octanol–water partition coefficient (Wildman–Crippen LogP) is 2.00. The van der Waals surface area contributed by atoms with Crippen LogP contribution in [0.1, 0.15) is 21.7 Å². The minimum absolute atomic E-state index is 0.000199. The minimum Gasteiger partial charge on any atom is -0.435 e. The van der Waals surface area contributed by atoms with Crippen LogP contribution in [0.3, 0.4) is 0 Å². The summed E-state index contributed by atoms with van der Waals surface area (Å²) in [6.07, 6.45) is -0.0430. The number of alkyl halides is 2. The Morgan fingerprint density at radius 1 is 1.40 bits per heavy atom. The van der Waals surface area contributed by atoms with Gasteiger partial charge in [0.2, 0.25) is 0 Å². The van der Waals surface area contributed by atoms with Crippen LogP contribution in [-0.2, 0) is 6.42 Å². The van der Waals surface area contributed by atoms with Crippen LogP contribution >= 0.6 is 0 Å². The van der Waals surface area contributed by atoms with Crippen molar-refractivity contribution < 1.29 is 23.4 Å². The van der Waals surface area contributed by atoms with E-state index in [2.05, 4.69) is 14.9 Å². The number of rotatable bonds is 5. The molecule has 6 nitrogen and oxygen atoms in total. The summed E-state index contributed by atoms with van der Waals surface area (Å²) in [5.41, 5.74) is 2.16. The Labute approximate surface area is 143 Å². The van der Waals surface area contributed by atoms with Crippen molar-refractivity contribution in [3.8, 4) is 5.75 Å². The summed E-state index contributed by atoms with van der Waals surface area (Å²) in [6.45, 7) is -0.343. The Bertz CT molecular complexity index is 733. The van der Waals surface area contributed by atoms with Crippen LogP contribution in [0.15, 0.2) is 30.3 Å². The standard InChI is InChI=1S/C17H19F2N3O3/c1-10-6-13(21-20-10)7-12-8-22(9-15(12)23)16(24)11-2-4-14(5-3-11)25-17(18)19/h2-6,12,15,17,23H,7-9H2,1H3,(H,20,21)/t12-,15-/m1/s1. The van der Waals surface area contributed by atoms with Crippen molar-refractivity contribution >= 4 is 5.91 Å². The number of β-amino-alcohol motifs (C(OH)–C–C–N with tert-alkyl or cyclic N) is 1. The number of H-pyrrole nitrogens is 1. The van der Waals surface area contributed by atoms with E-state index in [4.69, 9.17) is 0 Å². The monoisotopic (exact) mass is 351 g/mol. The first kappa shape index (κ1) is 17.3. The predicted molar refractivity (Wildman–Crippen MR) is 85.5 cm³/mol. The molecule has 134 valence electrons. The fraction of sp³-hybridized carbons (Fsp3) is 0.412. The van der Waals surface area contributed by atoms with Crippen molar-refractivity contribution in [2.45, 2.75) is 26.1 Å². The second-order valence-corrected chi connectivity index (χ2v) is 6.19. The number of carbonyl (C=O) groups is 1. The summed E-state index contributed by atoms with van der Waals surface area (Å²) in [7, 11) is 0. The van der Waals surface area contributed by atoms with Gasteiger partial charge in [0.15, 0.2) is 0 Å². The third-order valence-corrected chi connectivity index (χ3v) is 4.25. The summed E-state index contributed by atoms with van der Waals surface area (Å²) in [6, 6.07) is 7.46. The molecule has 1 amide bonds. The summed E-state index contributed by atoms with van der Waals surface area (Å²) >= 11 is 0. The van der Waals surface area contributed by atoms with Gasteiger partial charge < -0.3 is 14.7 Å². The van der Waals surface area contributed by atoms with Crippen molar-refractivity contribution in [1.29, 1.82) is 0 Å². The molecule has 2 aromatic rings. The number of hydrogen-bond donors (Lipinski definition) is 2. The fourth-order valence-corrected chi connectivity index (χ4v) is 3.03. The van der Waals surface area contributed by atoms with E-state index in [0.29, 0.717) is 18.5 Å². The molecule has 0 aliphatic carbocycles. The number of nitrogens with zero attached hydrogens (tertiary/aromatic N) is 2. The molecule has 25 heavy (non-hydrogen) atoms. The number of aliphatic hydroxyl groups is 1. The van der Waals surface area contributed by atoms with Crippen LogP contribution in [0, 0.1) is 12.8 Å².